The monoisotopic (exact) mass is 415 g/mol. The number of aromatic nitrogens is 2. The molecule has 0 N–H and O–H groups in total. The minimum absolute atomic E-state index is 0.00821. The summed E-state index contributed by atoms with van der Waals surface area (Å²) in [4.78, 5) is 32.2. The van der Waals surface area contributed by atoms with Crippen molar-refractivity contribution >= 4 is 44.9 Å². The average molecular weight is 416 g/mol. The molecule has 28 heavy (non-hydrogen) atoms. The fourth-order valence-corrected chi connectivity index (χ4v) is 4.73. The van der Waals surface area contributed by atoms with E-state index < -0.39 is 0 Å². The normalized spacial score (nSPS) is 11.3. The van der Waals surface area contributed by atoms with Crippen molar-refractivity contribution in [1.82, 2.24) is 9.55 Å². The first kappa shape index (κ1) is 20.6. The van der Waals surface area contributed by atoms with E-state index in [1.807, 2.05) is 49.6 Å². The van der Waals surface area contributed by atoms with Crippen LogP contribution < -0.4 is 10.5 Å². The minimum Gasteiger partial charge on any atom is -0.312 e. The van der Waals surface area contributed by atoms with Crippen molar-refractivity contribution in [2.75, 3.05) is 17.2 Å². The van der Waals surface area contributed by atoms with E-state index in [-0.39, 0.29) is 17.2 Å². The smallest absolute Gasteiger partial charge is 0.272 e. The number of rotatable bonds is 7. The van der Waals surface area contributed by atoms with E-state index in [2.05, 4.69) is 18.8 Å². The zero-order chi connectivity index (χ0) is 20.3. The van der Waals surface area contributed by atoms with E-state index in [0.717, 1.165) is 11.3 Å². The standard InChI is InChI=1S/C21H25N3O2S2/c1-5-23(16-8-6-7-15(4)11-16)18(25)13-28-21-22-17-9-10-27-19(17)20(26)24(21)12-14(2)3/h6-11,14H,5,12-13H2,1-4H3. The second-order valence-electron chi connectivity index (χ2n) is 7.10. The number of fused-ring (bicyclic) bond motifs is 1. The van der Waals surface area contributed by atoms with Crippen LogP contribution in [0.25, 0.3) is 10.2 Å². The number of benzene rings is 1. The summed E-state index contributed by atoms with van der Waals surface area (Å²) in [7, 11) is 0. The van der Waals surface area contributed by atoms with Crippen molar-refractivity contribution in [3.05, 3.63) is 51.6 Å². The van der Waals surface area contributed by atoms with E-state index >= 15 is 0 Å². The Kier molecular flexibility index (Phi) is 6.57. The van der Waals surface area contributed by atoms with E-state index in [1.54, 1.807) is 9.47 Å². The molecule has 2 heterocycles. The van der Waals surface area contributed by atoms with Crippen LogP contribution in [0.2, 0.25) is 0 Å². The van der Waals surface area contributed by atoms with E-state index in [1.165, 1.54) is 23.1 Å². The zero-order valence-corrected chi connectivity index (χ0v) is 18.3. The van der Waals surface area contributed by atoms with Gasteiger partial charge in [-0.2, -0.15) is 0 Å². The summed E-state index contributed by atoms with van der Waals surface area (Å²) in [6, 6.07) is 9.79. The van der Waals surface area contributed by atoms with E-state index in [0.29, 0.717) is 34.4 Å². The van der Waals surface area contributed by atoms with Crippen molar-refractivity contribution in [3.63, 3.8) is 0 Å². The molecular weight excluding hydrogens is 390 g/mol. The molecule has 5 nitrogen and oxygen atoms in total. The number of hydrogen-bond acceptors (Lipinski definition) is 5. The third kappa shape index (κ3) is 4.47. The maximum atomic E-state index is 12.9. The fraction of sp³-hybridized carbons (Fsp3) is 0.381. The van der Waals surface area contributed by atoms with Gasteiger partial charge in [0.05, 0.1) is 11.3 Å². The Balaban J connectivity index is 1.85. The van der Waals surface area contributed by atoms with Gasteiger partial charge in [-0.25, -0.2) is 4.98 Å². The first-order valence-corrected chi connectivity index (χ1v) is 11.2. The number of aryl methyl sites for hydroxylation is 1. The lowest BCUT2D eigenvalue weighted by molar-refractivity contribution is -0.116. The molecule has 0 unspecified atom stereocenters. The van der Waals surface area contributed by atoms with Crippen molar-refractivity contribution in [2.45, 2.75) is 39.4 Å². The molecule has 0 bridgehead atoms. The van der Waals surface area contributed by atoms with Crippen LogP contribution in [0, 0.1) is 12.8 Å². The summed E-state index contributed by atoms with van der Waals surface area (Å²) < 4.78 is 2.39. The van der Waals surface area contributed by atoms with Crippen LogP contribution in [-0.2, 0) is 11.3 Å². The highest BCUT2D eigenvalue weighted by Crippen LogP contribution is 2.23. The van der Waals surface area contributed by atoms with Crippen LogP contribution in [0.15, 0.2) is 45.7 Å². The number of anilines is 1. The largest absolute Gasteiger partial charge is 0.312 e. The average Bonchev–Trinajstić information content (AvgIpc) is 3.12. The Labute approximate surface area is 173 Å². The number of thiophene rings is 1. The predicted octanol–water partition coefficient (Wildman–Crippen LogP) is 4.57. The Hall–Kier alpha value is -2.12. The van der Waals surface area contributed by atoms with E-state index in [9.17, 15) is 9.59 Å². The highest BCUT2D eigenvalue weighted by atomic mass is 32.2. The van der Waals surface area contributed by atoms with Gasteiger partial charge in [-0.1, -0.05) is 37.7 Å². The van der Waals surface area contributed by atoms with Gasteiger partial charge in [0.25, 0.3) is 5.56 Å². The zero-order valence-electron chi connectivity index (χ0n) is 16.6. The van der Waals surface area contributed by atoms with Gasteiger partial charge in [0.1, 0.15) is 4.70 Å². The van der Waals surface area contributed by atoms with Crippen LogP contribution in [0.1, 0.15) is 26.3 Å². The Bertz CT molecular complexity index is 1040. The quantitative estimate of drug-likeness (QED) is 0.419. The Morgan fingerprint density at radius 1 is 1.32 bits per heavy atom. The van der Waals surface area contributed by atoms with Crippen molar-refractivity contribution in [1.29, 1.82) is 0 Å². The second-order valence-corrected chi connectivity index (χ2v) is 8.96. The molecule has 7 heteroatoms. The summed E-state index contributed by atoms with van der Waals surface area (Å²) in [6.45, 7) is 9.31. The molecule has 0 atom stereocenters. The van der Waals surface area contributed by atoms with Crippen molar-refractivity contribution in [3.8, 4) is 0 Å². The summed E-state index contributed by atoms with van der Waals surface area (Å²) in [6.07, 6.45) is 0. The number of carbonyl (C=O) groups excluding carboxylic acids is 1. The van der Waals surface area contributed by atoms with Crippen LogP contribution in [0.4, 0.5) is 5.69 Å². The highest BCUT2D eigenvalue weighted by molar-refractivity contribution is 7.99. The van der Waals surface area contributed by atoms with Crippen LogP contribution >= 0.6 is 23.1 Å². The third-order valence-corrected chi connectivity index (χ3v) is 6.19. The van der Waals surface area contributed by atoms with Gasteiger partial charge in [-0.05, 0) is 48.9 Å². The lowest BCUT2D eigenvalue weighted by atomic mass is 10.2. The van der Waals surface area contributed by atoms with Crippen molar-refractivity contribution < 1.29 is 4.79 Å². The Morgan fingerprint density at radius 3 is 2.79 bits per heavy atom. The van der Waals surface area contributed by atoms with Gasteiger partial charge in [0.15, 0.2) is 5.16 Å². The minimum atomic E-state index is -0.0188. The molecular formula is C21H25N3O2S2. The molecule has 0 aliphatic rings. The van der Waals surface area contributed by atoms with Gasteiger partial charge in [-0.15, -0.1) is 11.3 Å². The van der Waals surface area contributed by atoms with Crippen LogP contribution in [0.5, 0.6) is 0 Å². The molecule has 0 spiro atoms. The predicted molar refractivity (Wildman–Crippen MR) is 119 cm³/mol. The van der Waals surface area contributed by atoms with E-state index in [4.69, 9.17) is 0 Å². The summed E-state index contributed by atoms with van der Waals surface area (Å²) >= 11 is 2.75. The highest BCUT2D eigenvalue weighted by Gasteiger charge is 2.18. The maximum Gasteiger partial charge on any atom is 0.272 e. The molecule has 3 rings (SSSR count). The van der Waals surface area contributed by atoms with Gasteiger partial charge >= 0.3 is 0 Å². The van der Waals surface area contributed by atoms with Gasteiger partial charge < -0.3 is 4.90 Å². The molecule has 0 fully saturated rings. The lowest BCUT2D eigenvalue weighted by Gasteiger charge is -2.21. The molecule has 3 aromatic rings. The van der Waals surface area contributed by atoms with Crippen LogP contribution in [0.3, 0.4) is 0 Å². The number of nitrogens with zero attached hydrogens (tertiary/aromatic N) is 3. The molecule has 0 saturated heterocycles. The molecule has 1 amide bonds. The molecule has 2 aromatic heterocycles. The van der Waals surface area contributed by atoms with Gasteiger partial charge in [0, 0.05) is 18.8 Å². The van der Waals surface area contributed by atoms with Crippen molar-refractivity contribution in [2.24, 2.45) is 5.92 Å². The Morgan fingerprint density at radius 2 is 2.11 bits per heavy atom. The molecule has 0 aliphatic heterocycles. The third-order valence-electron chi connectivity index (χ3n) is 4.33. The summed E-state index contributed by atoms with van der Waals surface area (Å²) in [5.74, 6) is 0.558. The number of hydrogen-bond donors (Lipinski definition) is 0. The summed E-state index contributed by atoms with van der Waals surface area (Å²) in [5.41, 5.74) is 2.70. The van der Waals surface area contributed by atoms with Gasteiger partial charge in [-0.3, -0.25) is 14.2 Å². The first-order chi connectivity index (χ1) is 13.4. The second kappa shape index (κ2) is 8.92. The molecule has 148 valence electrons. The maximum absolute atomic E-state index is 12.9. The summed E-state index contributed by atoms with van der Waals surface area (Å²) in [5, 5.41) is 2.49. The van der Waals surface area contributed by atoms with Crippen LogP contribution in [-0.4, -0.2) is 27.8 Å². The molecule has 1 aromatic carbocycles. The number of carbonyl (C=O) groups is 1. The van der Waals surface area contributed by atoms with Gasteiger partial charge in [0.2, 0.25) is 5.91 Å². The molecule has 0 aliphatic carbocycles. The topological polar surface area (TPSA) is 55.2 Å². The fourth-order valence-electron chi connectivity index (χ4n) is 3.06. The first-order valence-electron chi connectivity index (χ1n) is 9.38. The lowest BCUT2D eigenvalue weighted by Crippen LogP contribution is -2.32. The number of amides is 1. The molecule has 0 radical (unpaired) electrons. The molecule has 0 saturated carbocycles. The number of thioether (sulfide) groups is 1. The SMILES string of the molecule is CCN(C(=O)CSc1nc2ccsc2c(=O)n1CC(C)C)c1cccc(C)c1.